The summed E-state index contributed by atoms with van der Waals surface area (Å²) in [6, 6.07) is 16.0. The van der Waals surface area contributed by atoms with Gasteiger partial charge in [-0.25, -0.2) is 9.36 Å². The van der Waals surface area contributed by atoms with Gasteiger partial charge in [-0.05, 0) is 36.2 Å². The third kappa shape index (κ3) is 2.94. The lowest BCUT2D eigenvalue weighted by atomic mass is 10.2. The van der Waals surface area contributed by atoms with E-state index < -0.39 is 0 Å². The molecule has 0 aliphatic heterocycles. The van der Waals surface area contributed by atoms with E-state index in [2.05, 4.69) is 0 Å². The number of para-hydroxylation sites is 1. The Morgan fingerprint density at radius 2 is 1.65 bits per heavy atom. The molecular weight excluding hydrogens is 290 g/mol. The molecule has 0 atom stereocenters. The topological polar surface area (TPSA) is 70.0 Å². The van der Waals surface area contributed by atoms with Gasteiger partial charge in [0.15, 0.2) is 0 Å². The minimum Gasteiger partial charge on any atom is -0.399 e. The molecule has 0 amide bonds. The van der Waals surface area contributed by atoms with Gasteiger partial charge in [-0.3, -0.25) is 9.36 Å². The predicted molar refractivity (Wildman–Crippen MR) is 91.0 cm³/mol. The Balaban J connectivity index is 2.10. The number of aromatic nitrogens is 2. The highest BCUT2D eigenvalue weighted by Gasteiger charge is 2.09. The quantitative estimate of drug-likeness (QED) is 0.752. The second kappa shape index (κ2) is 5.96. The van der Waals surface area contributed by atoms with Gasteiger partial charge in [-0.15, -0.1) is 0 Å². The van der Waals surface area contributed by atoms with Crippen molar-refractivity contribution >= 4 is 5.69 Å². The Morgan fingerprint density at radius 3 is 2.35 bits per heavy atom. The van der Waals surface area contributed by atoms with Crippen molar-refractivity contribution in [3.05, 3.63) is 92.8 Å². The molecule has 0 bridgehead atoms. The SMILES string of the molecule is Cc1ccccc1-n1c(=O)ccn(Cc2ccc(N)cc2)c1=O. The fourth-order valence-electron chi connectivity index (χ4n) is 2.49. The van der Waals surface area contributed by atoms with Crippen LogP contribution in [-0.2, 0) is 6.54 Å². The Morgan fingerprint density at radius 1 is 0.957 bits per heavy atom. The molecule has 1 heterocycles. The molecule has 0 aliphatic rings. The zero-order valence-electron chi connectivity index (χ0n) is 12.8. The van der Waals surface area contributed by atoms with Crippen molar-refractivity contribution < 1.29 is 0 Å². The second-order valence-corrected chi connectivity index (χ2v) is 5.43. The highest BCUT2D eigenvalue weighted by atomic mass is 16.2. The van der Waals surface area contributed by atoms with Gasteiger partial charge in [-0.2, -0.15) is 0 Å². The molecule has 23 heavy (non-hydrogen) atoms. The van der Waals surface area contributed by atoms with E-state index in [1.807, 2.05) is 37.3 Å². The van der Waals surface area contributed by atoms with E-state index in [-0.39, 0.29) is 11.2 Å². The van der Waals surface area contributed by atoms with Crippen molar-refractivity contribution in [3.8, 4) is 5.69 Å². The maximum Gasteiger partial charge on any atom is 0.335 e. The maximum absolute atomic E-state index is 12.7. The number of benzene rings is 2. The number of nitrogen functional groups attached to an aromatic ring is 1. The highest BCUT2D eigenvalue weighted by molar-refractivity contribution is 5.40. The van der Waals surface area contributed by atoms with E-state index in [1.165, 1.54) is 21.4 Å². The van der Waals surface area contributed by atoms with Crippen LogP contribution in [0.1, 0.15) is 11.1 Å². The first-order valence-corrected chi connectivity index (χ1v) is 7.29. The molecule has 116 valence electrons. The van der Waals surface area contributed by atoms with Crippen LogP contribution in [0.25, 0.3) is 5.69 Å². The summed E-state index contributed by atoms with van der Waals surface area (Å²) in [6.45, 7) is 2.25. The standard InChI is InChI=1S/C18H17N3O2/c1-13-4-2-3-5-16(13)21-17(22)10-11-20(18(21)23)12-14-6-8-15(19)9-7-14/h2-11H,12,19H2,1H3. The Bertz CT molecular complexity index is 953. The summed E-state index contributed by atoms with van der Waals surface area (Å²) < 4.78 is 2.71. The average Bonchev–Trinajstić information content (AvgIpc) is 2.54. The fraction of sp³-hybridized carbons (Fsp3) is 0.111. The fourth-order valence-corrected chi connectivity index (χ4v) is 2.49. The van der Waals surface area contributed by atoms with E-state index in [4.69, 9.17) is 5.73 Å². The largest absolute Gasteiger partial charge is 0.399 e. The third-order valence-corrected chi connectivity index (χ3v) is 3.74. The third-order valence-electron chi connectivity index (χ3n) is 3.74. The van der Waals surface area contributed by atoms with Crippen molar-refractivity contribution in [3.63, 3.8) is 0 Å². The highest BCUT2D eigenvalue weighted by Crippen LogP contribution is 2.10. The van der Waals surface area contributed by atoms with E-state index in [9.17, 15) is 9.59 Å². The van der Waals surface area contributed by atoms with E-state index >= 15 is 0 Å². The summed E-state index contributed by atoms with van der Waals surface area (Å²) >= 11 is 0. The van der Waals surface area contributed by atoms with Gasteiger partial charge in [0.2, 0.25) is 0 Å². The van der Waals surface area contributed by atoms with Crippen molar-refractivity contribution in [2.75, 3.05) is 5.73 Å². The normalized spacial score (nSPS) is 10.7. The van der Waals surface area contributed by atoms with Gasteiger partial charge in [0.05, 0.1) is 12.2 Å². The lowest BCUT2D eigenvalue weighted by Gasteiger charge is -2.12. The number of anilines is 1. The Hall–Kier alpha value is -3.08. The first-order chi connectivity index (χ1) is 11.1. The molecule has 0 radical (unpaired) electrons. The van der Waals surface area contributed by atoms with Gasteiger partial charge >= 0.3 is 5.69 Å². The first-order valence-electron chi connectivity index (χ1n) is 7.29. The van der Waals surface area contributed by atoms with E-state index in [0.717, 1.165) is 11.1 Å². The molecule has 0 unspecified atom stereocenters. The minimum absolute atomic E-state index is 0.335. The predicted octanol–water partition coefficient (Wildman–Crippen LogP) is 1.94. The molecule has 0 aliphatic carbocycles. The number of hydrogen-bond acceptors (Lipinski definition) is 3. The van der Waals surface area contributed by atoms with Crippen molar-refractivity contribution in [2.24, 2.45) is 0 Å². The van der Waals surface area contributed by atoms with Gasteiger partial charge < -0.3 is 5.73 Å². The maximum atomic E-state index is 12.7. The molecule has 0 spiro atoms. The number of aryl methyl sites for hydroxylation is 1. The number of hydrogen-bond donors (Lipinski definition) is 1. The van der Waals surface area contributed by atoms with Crippen LogP contribution in [0.5, 0.6) is 0 Å². The molecule has 0 saturated heterocycles. The molecule has 2 N–H and O–H groups in total. The van der Waals surface area contributed by atoms with Gasteiger partial charge in [-0.1, -0.05) is 30.3 Å². The lowest BCUT2D eigenvalue weighted by Crippen LogP contribution is -2.38. The summed E-state index contributed by atoms with van der Waals surface area (Å²) in [4.78, 5) is 24.9. The molecule has 5 heteroatoms. The summed E-state index contributed by atoms with van der Waals surface area (Å²) in [5.41, 5.74) is 8.07. The van der Waals surface area contributed by atoms with Crippen LogP contribution in [0.15, 0.2) is 70.4 Å². The van der Waals surface area contributed by atoms with E-state index in [0.29, 0.717) is 17.9 Å². The lowest BCUT2D eigenvalue weighted by molar-refractivity contribution is 0.680. The second-order valence-electron chi connectivity index (χ2n) is 5.43. The summed E-state index contributed by atoms with van der Waals surface area (Å²) in [7, 11) is 0. The van der Waals surface area contributed by atoms with Crippen LogP contribution >= 0.6 is 0 Å². The zero-order valence-corrected chi connectivity index (χ0v) is 12.8. The molecule has 0 saturated carbocycles. The molecule has 5 nitrogen and oxygen atoms in total. The molecule has 0 fully saturated rings. The van der Waals surface area contributed by atoms with Crippen LogP contribution in [0.3, 0.4) is 0 Å². The summed E-state index contributed by atoms with van der Waals surface area (Å²) in [6.07, 6.45) is 1.52. The first kappa shape index (κ1) is 14.8. The smallest absolute Gasteiger partial charge is 0.335 e. The molecule has 1 aromatic heterocycles. The van der Waals surface area contributed by atoms with Crippen molar-refractivity contribution in [1.82, 2.24) is 9.13 Å². The molecule has 3 aromatic rings. The molecular formula is C18H17N3O2. The number of nitrogens with two attached hydrogens (primary N) is 1. The molecule has 2 aromatic carbocycles. The summed E-state index contributed by atoms with van der Waals surface area (Å²) in [5, 5.41) is 0. The monoisotopic (exact) mass is 307 g/mol. The van der Waals surface area contributed by atoms with Crippen molar-refractivity contribution in [2.45, 2.75) is 13.5 Å². The van der Waals surface area contributed by atoms with Crippen LogP contribution in [-0.4, -0.2) is 9.13 Å². The molecule has 3 rings (SSSR count). The van der Waals surface area contributed by atoms with Crippen LogP contribution in [0.4, 0.5) is 5.69 Å². The van der Waals surface area contributed by atoms with E-state index in [1.54, 1.807) is 18.2 Å². The number of nitrogens with zero attached hydrogens (tertiary/aromatic N) is 2. The van der Waals surface area contributed by atoms with Crippen LogP contribution < -0.4 is 17.0 Å². The van der Waals surface area contributed by atoms with Gasteiger partial charge in [0.1, 0.15) is 0 Å². The van der Waals surface area contributed by atoms with Crippen LogP contribution in [0.2, 0.25) is 0 Å². The minimum atomic E-state index is -0.358. The Kier molecular flexibility index (Phi) is 3.85. The van der Waals surface area contributed by atoms with Gasteiger partial charge in [0, 0.05) is 18.0 Å². The van der Waals surface area contributed by atoms with Crippen LogP contribution in [0, 0.1) is 6.92 Å². The Labute approximate surface area is 133 Å². The number of rotatable bonds is 3. The average molecular weight is 307 g/mol. The van der Waals surface area contributed by atoms with Gasteiger partial charge in [0.25, 0.3) is 5.56 Å². The van der Waals surface area contributed by atoms with Crippen molar-refractivity contribution in [1.29, 1.82) is 0 Å². The zero-order chi connectivity index (χ0) is 16.4. The summed E-state index contributed by atoms with van der Waals surface area (Å²) in [5.74, 6) is 0.